The fourth-order valence-corrected chi connectivity index (χ4v) is 5.29. The molecular formula is C26H31N5O2. The maximum Gasteiger partial charge on any atom is 0.253 e. The lowest BCUT2D eigenvalue weighted by Gasteiger charge is -2.27. The van der Waals surface area contributed by atoms with Crippen molar-refractivity contribution in [3.8, 4) is 5.75 Å². The summed E-state index contributed by atoms with van der Waals surface area (Å²) >= 11 is 0. The Balaban J connectivity index is 1.35. The number of hydrogen-bond acceptors (Lipinski definition) is 5. The summed E-state index contributed by atoms with van der Waals surface area (Å²) in [6.45, 7) is 9.96. The molecule has 0 saturated carbocycles. The third kappa shape index (κ3) is 4.25. The molecule has 0 aliphatic carbocycles. The maximum absolute atomic E-state index is 13.2. The van der Waals surface area contributed by atoms with Crippen molar-refractivity contribution in [1.29, 1.82) is 0 Å². The molecule has 2 saturated heterocycles. The normalized spacial score (nSPS) is 22.7. The Morgan fingerprint density at radius 1 is 1.12 bits per heavy atom. The zero-order chi connectivity index (χ0) is 23.0. The van der Waals surface area contributed by atoms with E-state index in [-0.39, 0.29) is 17.4 Å². The Morgan fingerprint density at radius 3 is 2.55 bits per heavy atom. The number of hydrogen-bond donors (Lipinski definition) is 1. The summed E-state index contributed by atoms with van der Waals surface area (Å²) in [6.07, 6.45) is 0.167. The Morgan fingerprint density at radius 2 is 1.88 bits per heavy atom. The topological polar surface area (TPSA) is 74.3 Å². The minimum Gasteiger partial charge on any atom is -0.491 e. The molecule has 33 heavy (non-hydrogen) atoms. The standard InChI is InChI=1S/C26H31N5O2/c1-18(2)33-23-11-9-20(10-12-23)13-30-14-22-15-31(24(32)21-7-5-4-6-8-21)17-26(22,16-30)25-27-19(3)28-29-25/h4-12,18,22H,13-17H2,1-3H3,(H,27,28,29)/t22-,26-/m1/s1. The predicted octanol–water partition coefficient (Wildman–Crippen LogP) is 3.43. The number of ether oxygens (including phenoxy) is 1. The second-order valence-corrected chi connectivity index (χ2v) is 9.63. The fourth-order valence-electron chi connectivity index (χ4n) is 5.29. The quantitative estimate of drug-likeness (QED) is 0.629. The van der Waals surface area contributed by atoms with E-state index in [0.29, 0.717) is 12.5 Å². The minimum absolute atomic E-state index is 0.0870. The fraction of sp³-hybridized carbons (Fsp3) is 0.423. The number of benzene rings is 2. The van der Waals surface area contributed by atoms with Gasteiger partial charge in [-0.25, -0.2) is 4.98 Å². The Labute approximate surface area is 194 Å². The van der Waals surface area contributed by atoms with Crippen LogP contribution in [-0.2, 0) is 12.0 Å². The average molecular weight is 446 g/mol. The van der Waals surface area contributed by atoms with Crippen molar-refractivity contribution in [2.45, 2.75) is 38.8 Å². The van der Waals surface area contributed by atoms with Crippen molar-refractivity contribution >= 4 is 5.91 Å². The lowest BCUT2D eigenvalue weighted by Crippen LogP contribution is -2.40. The van der Waals surface area contributed by atoms with Gasteiger partial charge < -0.3 is 9.64 Å². The number of aromatic amines is 1. The maximum atomic E-state index is 13.2. The molecule has 172 valence electrons. The van der Waals surface area contributed by atoms with E-state index in [2.05, 4.69) is 27.2 Å². The number of carbonyl (C=O) groups excluding carboxylic acids is 1. The third-order valence-electron chi connectivity index (χ3n) is 6.73. The summed E-state index contributed by atoms with van der Waals surface area (Å²) in [5, 5.41) is 7.58. The van der Waals surface area contributed by atoms with Crippen LogP contribution in [-0.4, -0.2) is 63.2 Å². The summed E-state index contributed by atoms with van der Waals surface area (Å²) in [5.41, 5.74) is 1.74. The van der Waals surface area contributed by atoms with E-state index in [1.807, 2.05) is 68.1 Å². The van der Waals surface area contributed by atoms with Gasteiger partial charge in [-0.15, -0.1) is 0 Å². The van der Waals surface area contributed by atoms with Crippen molar-refractivity contribution in [3.05, 3.63) is 77.4 Å². The number of nitrogens with zero attached hydrogens (tertiary/aromatic N) is 4. The molecular weight excluding hydrogens is 414 g/mol. The van der Waals surface area contributed by atoms with Crippen LogP contribution in [0.1, 0.15) is 41.4 Å². The average Bonchev–Trinajstić information content (AvgIpc) is 3.47. The molecule has 0 radical (unpaired) electrons. The van der Waals surface area contributed by atoms with Gasteiger partial charge >= 0.3 is 0 Å². The summed E-state index contributed by atoms with van der Waals surface area (Å²) in [7, 11) is 0. The highest BCUT2D eigenvalue weighted by Crippen LogP contribution is 2.44. The molecule has 2 aliphatic heterocycles. The van der Waals surface area contributed by atoms with Crippen LogP contribution in [0.5, 0.6) is 5.75 Å². The lowest BCUT2D eigenvalue weighted by atomic mass is 9.80. The first-order chi connectivity index (χ1) is 15.9. The van der Waals surface area contributed by atoms with E-state index in [1.165, 1.54) is 5.56 Å². The van der Waals surface area contributed by atoms with Gasteiger partial charge in [0.2, 0.25) is 0 Å². The lowest BCUT2D eigenvalue weighted by molar-refractivity contribution is 0.0769. The SMILES string of the molecule is Cc1nc([C@@]23CN(Cc4ccc(OC(C)C)cc4)C[C@@H]2CN(C(=O)c2ccccc2)C3)n[nH]1. The van der Waals surface area contributed by atoms with Crippen molar-refractivity contribution in [2.24, 2.45) is 5.92 Å². The Kier molecular flexibility index (Phi) is 5.66. The highest BCUT2D eigenvalue weighted by atomic mass is 16.5. The summed E-state index contributed by atoms with van der Waals surface area (Å²) in [5.74, 6) is 2.92. The molecule has 1 N–H and O–H groups in total. The van der Waals surface area contributed by atoms with Crippen molar-refractivity contribution in [3.63, 3.8) is 0 Å². The first-order valence-electron chi connectivity index (χ1n) is 11.6. The number of rotatable bonds is 6. The number of fused-ring (bicyclic) bond motifs is 1. The van der Waals surface area contributed by atoms with Crippen molar-refractivity contribution in [2.75, 3.05) is 26.2 Å². The van der Waals surface area contributed by atoms with E-state index >= 15 is 0 Å². The third-order valence-corrected chi connectivity index (χ3v) is 6.73. The molecule has 1 aromatic heterocycles. The summed E-state index contributed by atoms with van der Waals surface area (Å²) < 4.78 is 5.78. The van der Waals surface area contributed by atoms with Crippen LogP contribution in [0.3, 0.4) is 0 Å². The second-order valence-electron chi connectivity index (χ2n) is 9.63. The number of aryl methyl sites for hydroxylation is 1. The van der Waals surface area contributed by atoms with Gasteiger partial charge in [0.15, 0.2) is 5.82 Å². The zero-order valence-corrected chi connectivity index (χ0v) is 19.5. The number of H-pyrrole nitrogens is 1. The van der Waals surface area contributed by atoms with Gasteiger partial charge in [-0.1, -0.05) is 30.3 Å². The predicted molar refractivity (Wildman–Crippen MR) is 126 cm³/mol. The molecule has 3 heterocycles. The molecule has 2 aliphatic rings. The molecule has 5 rings (SSSR count). The van der Waals surface area contributed by atoms with Crippen LogP contribution in [0.15, 0.2) is 54.6 Å². The summed E-state index contributed by atoms with van der Waals surface area (Å²) in [4.78, 5) is 22.4. The van der Waals surface area contributed by atoms with Crippen molar-refractivity contribution in [1.82, 2.24) is 25.0 Å². The molecule has 0 unspecified atom stereocenters. The van der Waals surface area contributed by atoms with Crippen LogP contribution in [0, 0.1) is 12.8 Å². The van der Waals surface area contributed by atoms with E-state index in [4.69, 9.17) is 9.72 Å². The van der Waals surface area contributed by atoms with Gasteiger partial charge in [-0.05, 0) is 50.6 Å². The van der Waals surface area contributed by atoms with E-state index in [0.717, 1.165) is 49.1 Å². The first kappa shape index (κ1) is 21.6. The molecule has 2 atom stereocenters. The smallest absolute Gasteiger partial charge is 0.253 e. The highest BCUT2D eigenvalue weighted by Gasteiger charge is 2.56. The van der Waals surface area contributed by atoms with Gasteiger partial charge in [-0.2, -0.15) is 5.10 Å². The second kappa shape index (κ2) is 8.63. The van der Waals surface area contributed by atoms with Crippen LogP contribution in [0.2, 0.25) is 0 Å². The van der Waals surface area contributed by atoms with E-state index in [1.54, 1.807) is 0 Å². The monoisotopic (exact) mass is 445 g/mol. The number of aromatic nitrogens is 3. The summed E-state index contributed by atoms with van der Waals surface area (Å²) in [6, 6.07) is 17.9. The Bertz CT molecular complexity index is 1110. The number of likely N-dealkylation sites (tertiary alicyclic amines) is 2. The highest BCUT2D eigenvalue weighted by molar-refractivity contribution is 5.94. The van der Waals surface area contributed by atoms with Gasteiger partial charge in [0.05, 0.1) is 11.5 Å². The van der Waals surface area contributed by atoms with E-state index < -0.39 is 0 Å². The van der Waals surface area contributed by atoms with Crippen LogP contribution in [0.25, 0.3) is 0 Å². The van der Waals surface area contributed by atoms with Crippen molar-refractivity contribution < 1.29 is 9.53 Å². The van der Waals surface area contributed by atoms with Gasteiger partial charge in [-0.3, -0.25) is 14.8 Å². The van der Waals surface area contributed by atoms with Gasteiger partial charge in [0.25, 0.3) is 5.91 Å². The number of amides is 1. The largest absolute Gasteiger partial charge is 0.491 e. The number of nitrogens with one attached hydrogen (secondary N) is 1. The Hall–Kier alpha value is -3.19. The zero-order valence-electron chi connectivity index (χ0n) is 19.5. The first-order valence-corrected chi connectivity index (χ1v) is 11.6. The minimum atomic E-state index is -0.254. The van der Waals surface area contributed by atoms with E-state index in [9.17, 15) is 4.79 Å². The van der Waals surface area contributed by atoms with Gasteiger partial charge in [0.1, 0.15) is 11.6 Å². The molecule has 0 spiro atoms. The van der Waals surface area contributed by atoms with Gasteiger partial charge in [0, 0.05) is 44.2 Å². The molecule has 2 fully saturated rings. The molecule has 2 aromatic carbocycles. The van der Waals surface area contributed by atoms with Crippen LogP contribution < -0.4 is 4.74 Å². The molecule has 1 amide bonds. The van der Waals surface area contributed by atoms with Crippen LogP contribution in [0.4, 0.5) is 0 Å². The molecule has 7 nitrogen and oxygen atoms in total. The molecule has 0 bridgehead atoms. The molecule has 3 aromatic rings. The molecule has 7 heteroatoms. The number of carbonyl (C=O) groups is 1. The van der Waals surface area contributed by atoms with Crippen LogP contribution >= 0.6 is 0 Å².